The smallest absolute Gasteiger partial charge is 0.196 e. The minimum Gasteiger partial charge on any atom is -0.291 e. The summed E-state index contributed by atoms with van der Waals surface area (Å²) >= 11 is 1.79. The number of rotatable bonds is 4. The minimum atomic E-state index is -0.217. The largest absolute Gasteiger partial charge is 0.291 e. The van der Waals surface area contributed by atoms with Crippen molar-refractivity contribution in [3.05, 3.63) is 18.0 Å². The van der Waals surface area contributed by atoms with Gasteiger partial charge in [0.1, 0.15) is 5.69 Å². The molecule has 0 N–H and O–H groups in total. The fourth-order valence-corrected chi connectivity index (χ4v) is 3.41. The molecule has 0 spiro atoms. The van der Waals surface area contributed by atoms with Crippen molar-refractivity contribution >= 4 is 17.5 Å². The SMILES string of the molecule is CCCn1nccc1C(=O)C1(C)CCCS1. The third-order valence-corrected chi connectivity index (χ3v) is 4.60. The van der Waals surface area contributed by atoms with Crippen LogP contribution in [0.25, 0.3) is 0 Å². The fourth-order valence-electron chi connectivity index (χ4n) is 2.14. The van der Waals surface area contributed by atoms with E-state index < -0.39 is 0 Å². The molecule has 4 heteroatoms. The summed E-state index contributed by atoms with van der Waals surface area (Å²) in [5.41, 5.74) is 0.777. The quantitative estimate of drug-likeness (QED) is 0.757. The molecule has 3 nitrogen and oxygen atoms in total. The van der Waals surface area contributed by atoms with E-state index in [1.807, 2.05) is 10.7 Å². The minimum absolute atomic E-state index is 0.217. The molecule has 0 amide bonds. The summed E-state index contributed by atoms with van der Waals surface area (Å²) in [6.45, 7) is 4.99. The Bertz CT molecular complexity index is 380. The number of aryl methyl sites for hydroxylation is 1. The van der Waals surface area contributed by atoms with Gasteiger partial charge >= 0.3 is 0 Å². The first-order chi connectivity index (χ1) is 7.67. The molecule has 1 aromatic rings. The van der Waals surface area contributed by atoms with Gasteiger partial charge in [-0.1, -0.05) is 6.92 Å². The zero-order valence-electron chi connectivity index (χ0n) is 9.90. The molecule has 0 radical (unpaired) electrons. The fraction of sp³-hybridized carbons (Fsp3) is 0.667. The van der Waals surface area contributed by atoms with E-state index in [9.17, 15) is 4.79 Å². The number of carbonyl (C=O) groups excluding carboxylic acids is 1. The molecule has 1 aromatic heterocycles. The summed E-state index contributed by atoms with van der Waals surface area (Å²) in [6.07, 6.45) is 4.88. The maximum atomic E-state index is 12.4. The number of ketones is 1. The predicted molar refractivity (Wildman–Crippen MR) is 66.9 cm³/mol. The molecule has 2 rings (SSSR count). The Morgan fingerprint density at radius 1 is 1.69 bits per heavy atom. The van der Waals surface area contributed by atoms with E-state index in [0.29, 0.717) is 0 Å². The average molecular weight is 238 g/mol. The molecule has 1 unspecified atom stereocenters. The van der Waals surface area contributed by atoms with Gasteiger partial charge in [0, 0.05) is 12.7 Å². The van der Waals surface area contributed by atoms with E-state index in [0.717, 1.165) is 37.3 Å². The van der Waals surface area contributed by atoms with Crippen LogP contribution in [0.15, 0.2) is 12.3 Å². The lowest BCUT2D eigenvalue weighted by Gasteiger charge is -2.21. The molecule has 0 aromatic carbocycles. The van der Waals surface area contributed by atoms with Crippen LogP contribution in [0, 0.1) is 0 Å². The molecular weight excluding hydrogens is 220 g/mol. The van der Waals surface area contributed by atoms with Gasteiger partial charge < -0.3 is 0 Å². The lowest BCUT2D eigenvalue weighted by molar-refractivity contribution is 0.0938. The van der Waals surface area contributed by atoms with Crippen LogP contribution in [0.4, 0.5) is 0 Å². The van der Waals surface area contributed by atoms with Gasteiger partial charge in [-0.05, 0) is 38.0 Å². The second kappa shape index (κ2) is 4.62. The second-order valence-corrected chi connectivity index (χ2v) is 6.05. The zero-order valence-corrected chi connectivity index (χ0v) is 10.7. The van der Waals surface area contributed by atoms with Crippen molar-refractivity contribution in [3.63, 3.8) is 0 Å². The Balaban J connectivity index is 2.23. The maximum absolute atomic E-state index is 12.4. The van der Waals surface area contributed by atoms with Crippen LogP contribution in [0.3, 0.4) is 0 Å². The average Bonchev–Trinajstić information content (AvgIpc) is 2.88. The molecule has 16 heavy (non-hydrogen) atoms. The Labute approximate surface area is 101 Å². The first kappa shape index (κ1) is 11.7. The van der Waals surface area contributed by atoms with Crippen LogP contribution in [-0.2, 0) is 6.54 Å². The topological polar surface area (TPSA) is 34.9 Å². The molecule has 1 atom stereocenters. The van der Waals surface area contributed by atoms with Gasteiger partial charge in [-0.25, -0.2) is 0 Å². The zero-order chi connectivity index (χ0) is 11.6. The lowest BCUT2D eigenvalue weighted by Crippen LogP contribution is -2.30. The molecule has 88 valence electrons. The number of Topliss-reactive ketones (excluding diaryl/α,β-unsaturated/α-hetero) is 1. The highest BCUT2D eigenvalue weighted by Gasteiger charge is 2.38. The van der Waals surface area contributed by atoms with Gasteiger partial charge in [-0.2, -0.15) is 5.10 Å². The van der Waals surface area contributed by atoms with E-state index in [-0.39, 0.29) is 10.5 Å². The third-order valence-electron chi connectivity index (χ3n) is 3.08. The number of thioether (sulfide) groups is 1. The van der Waals surface area contributed by atoms with Gasteiger partial charge in [-0.15, -0.1) is 11.8 Å². The van der Waals surface area contributed by atoms with Crippen LogP contribution in [-0.4, -0.2) is 26.1 Å². The molecule has 0 saturated carbocycles. The highest BCUT2D eigenvalue weighted by atomic mass is 32.2. The van der Waals surface area contributed by atoms with Crippen molar-refractivity contribution < 1.29 is 4.79 Å². The lowest BCUT2D eigenvalue weighted by atomic mass is 9.98. The normalized spacial score (nSPS) is 24.9. The monoisotopic (exact) mass is 238 g/mol. The number of aromatic nitrogens is 2. The first-order valence-corrected chi connectivity index (χ1v) is 6.86. The maximum Gasteiger partial charge on any atom is 0.196 e. The molecule has 1 saturated heterocycles. The van der Waals surface area contributed by atoms with Crippen molar-refractivity contribution in [2.75, 3.05) is 5.75 Å². The number of nitrogens with zero attached hydrogens (tertiary/aromatic N) is 2. The van der Waals surface area contributed by atoms with Gasteiger partial charge in [0.25, 0.3) is 0 Å². The Hall–Kier alpha value is -0.770. The van der Waals surface area contributed by atoms with Crippen molar-refractivity contribution in [1.29, 1.82) is 0 Å². The van der Waals surface area contributed by atoms with Crippen LogP contribution in [0.2, 0.25) is 0 Å². The summed E-state index contributed by atoms with van der Waals surface area (Å²) in [6, 6.07) is 1.85. The summed E-state index contributed by atoms with van der Waals surface area (Å²) in [7, 11) is 0. The van der Waals surface area contributed by atoms with Crippen LogP contribution in [0.5, 0.6) is 0 Å². The molecule has 0 bridgehead atoms. The molecular formula is C12H18N2OS. The third kappa shape index (κ3) is 2.03. The van der Waals surface area contributed by atoms with E-state index in [1.165, 1.54) is 0 Å². The van der Waals surface area contributed by atoms with Crippen molar-refractivity contribution in [2.45, 2.75) is 44.4 Å². The summed E-state index contributed by atoms with van der Waals surface area (Å²) in [5.74, 6) is 1.35. The Kier molecular flexibility index (Phi) is 3.38. The van der Waals surface area contributed by atoms with Crippen molar-refractivity contribution in [3.8, 4) is 0 Å². The molecule has 1 fully saturated rings. The molecule has 2 heterocycles. The number of carbonyl (C=O) groups is 1. The molecule has 0 aliphatic carbocycles. The van der Waals surface area contributed by atoms with E-state index >= 15 is 0 Å². The van der Waals surface area contributed by atoms with Crippen LogP contribution < -0.4 is 0 Å². The van der Waals surface area contributed by atoms with Crippen molar-refractivity contribution in [2.24, 2.45) is 0 Å². The molecule has 1 aliphatic heterocycles. The van der Waals surface area contributed by atoms with E-state index in [1.54, 1.807) is 18.0 Å². The number of hydrogen-bond donors (Lipinski definition) is 0. The first-order valence-electron chi connectivity index (χ1n) is 5.88. The predicted octanol–water partition coefficient (Wildman–Crippen LogP) is 2.76. The standard InChI is InChI=1S/C12H18N2OS/c1-3-8-14-10(5-7-13-14)11(15)12(2)6-4-9-16-12/h5,7H,3-4,6,8-9H2,1-2H3. The van der Waals surface area contributed by atoms with Gasteiger partial charge in [0.2, 0.25) is 0 Å². The highest BCUT2D eigenvalue weighted by molar-refractivity contribution is 8.01. The Morgan fingerprint density at radius 2 is 2.50 bits per heavy atom. The van der Waals surface area contributed by atoms with Crippen LogP contribution >= 0.6 is 11.8 Å². The van der Waals surface area contributed by atoms with Crippen molar-refractivity contribution in [1.82, 2.24) is 9.78 Å². The van der Waals surface area contributed by atoms with Gasteiger partial charge in [0.05, 0.1) is 4.75 Å². The van der Waals surface area contributed by atoms with Gasteiger partial charge in [0.15, 0.2) is 5.78 Å². The summed E-state index contributed by atoms with van der Waals surface area (Å²) < 4.78 is 1.62. The molecule has 1 aliphatic rings. The van der Waals surface area contributed by atoms with Gasteiger partial charge in [-0.3, -0.25) is 9.48 Å². The Morgan fingerprint density at radius 3 is 3.12 bits per heavy atom. The van der Waals surface area contributed by atoms with Crippen LogP contribution in [0.1, 0.15) is 43.6 Å². The van der Waals surface area contributed by atoms with E-state index in [4.69, 9.17) is 0 Å². The highest BCUT2D eigenvalue weighted by Crippen LogP contribution is 2.40. The number of hydrogen-bond acceptors (Lipinski definition) is 3. The summed E-state index contributed by atoms with van der Waals surface area (Å²) in [5, 5.41) is 4.22. The van der Waals surface area contributed by atoms with E-state index in [2.05, 4.69) is 18.9 Å². The second-order valence-electron chi connectivity index (χ2n) is 4.45. The summed E-state index contributed by atoms with van der Waals surface area (Å²) in [4.78, 5) is 12.4.